The Morgan fingerprint density at radius 2 is 1.65 bits per heavy atom. The van der Waals surface area contributed by atoms with Gasteiger partial charge in [0.15, 0.2) is 5.96 Å². The number of methoxy groups -OCH3 is 1. The van der Waals surface area contributed by atoms with Gasteiger partial charge in [0.1, 0.15) is 5.75 Å². The summed E-state index contributed by atoms with van der Waals surface area (Å²) in [6.45, 7) is 5.68. The predicted molar refractivity (Wildman–Crippen MR) is 139 cm³/mol. The van der Waals surface area contributed by atoms with Crippen molar-refractivity contribution in [1.82, 2.24) is 15.5 Å². The van der Waals surface area contributed by atoms with Gasteiger partial charge in [-0.2, -0.15) is 0 Å². The first kappa shape index (κ1) is 27.2. The van der Waals surface area contributed by atoms with E-state index in [9.17, 15) is 0 Å². The molecule has 0 fully saturated rings. The second-order valence-electron chi connectivity index (χ2n) is 7.59. The minimum atomic E-state index is 0. The van der Waals surface area contributed by atoms with E-state index in [2.05, 4.69) is 84.0 Å². The molecule has 0 aliphatic heterocycles. The zero-order valence-corrected chi connectivity index (χ0v) is 21.7. The number of rotatable bonds is 11. The fourth-order valence-electron chi connectivity index (χ4n) is 3.13. The average Bonchev–Trinajstić information content (AvgIpc) is 2.73. The number of halogens is 1. The molecule has 7 heteroatoms. The quantitative estimate of drug-likeness (QED) is 0.196. The number of hydrogen-bond donors (Lipinski definition) is 2. The van der Waals surface area contributed by atoms with Crippen LogP contribution in [-0.4, -0.2) is 52.3 Å². The van der Waals surface area contributed by atoms with Gasteiger partial charge < -0.3 is 25.0 Å². The largest absolute Gasteiger partial charge is 0.493 e. The minimum absolute atomic E-state index is 0. The standard InChI is InChI=1S/C24H36N4O2.HI/c1-19-11-12-21(23(15-19)30-14-8-13-29-5)17-27-24(25-2)26-16-20-9-6-7-10-22(20)18-28(3)4;/h6-7,9-12,15H,8,13-14,16-18H2,1-5H3,(H2,25,26,27);1H. The van der Waals surface area contributed by atoms with Crippen LogP contribution < -0.4 is 15.4 Å². The topological polar surface area (TPSA) is 58.1 Å². The Labute approximate surface area is 204 Å². The van der Waals surface area contributed by atoms with E-state index in [0.717, 1.165) is 36.8 Å². The van der Waals surface area contributed by atoms with Crippen LogP contribution in [0.1, 0.15) is 28.7 Å². The van der Waals surface area contributed by atoms with Gasteiger partial charge in [0.25, 0.3) is 0 Å². The molecule has 0 heterocycles. The van der Waals surface area contributed by atoms with Crippen LogP contribution in [0.5, 0.6) is 5.75 Å². The molecule has 0 amide bonds. The van der Waals surface area contributed by atoms with Gasteiger partial charge in [0, 0.05) is 52.4 Å². The van der Waals surface area contributed by atoms with Gasteiger partial charge in [-0.15, -0.1) is 24.0 Å². The number of aryl methyl sites for hydroxylation is 1. The number of ether oxygens (including phenoxy) is 2. The minimum Gasteiger partial charge on any atom is -0.493 e. The van der Waals surface area contributed by atoms with Gasteiger partial charge in [-0.3, -0.25) is 4.99 Å². The van der Waals surface area contributed by atoms with Crippen LogP contribution in [0, 0.1) is 6.92 Å². The lowest BCUT2D eigenvalue weighted by Gasteiger charge is -2.17. The number of nitrogens with one attached hydrogen (secondary N) is 2. The zero-order valence-electron chi connectivity index (χ0n) is 19.4. The molecular weight excluding hydrogens is 503 g/mol. The molecule has 2 N–H and O–H groups in total. The smallest absolute Gasteiger partial charge is 0.191 e. The van der Waals surface area contributed by atoms with Gasteiger partial charge in [0.2, 0.25) is 0 Å². The SMILES string of the molecule is CN=C(NCc1ccccc1CN(C)C)NCc1ccc(C)cc1OCCCOC.I. The highest BCUT2D eigenvalue weighted by Gasteiger charge is 2.08. The normalized spacial score (nSPS) is 11.2. The maximum absolute atomic E-state index is 5.98. The Morgan fingerprint density at radius 3 is 2.29 bits per heavy atom. The Morgan fingerprint density at radius 1 is 0.968 bits per heavy atom. The fourth-order valence-corrected chi connectivity index (χ4v) is 3.13. The van der Waals surface area contributed by atoms with Crippen molar-refractivity contribution < 1.29 is 9.47 Å². The summed E-state index contributed by atoms with van der Waals surface area (Å²) in [6.07, 6.45) is 0.868. The number of hydrogen-bond acceptors (Lipinski definition) is 4. The third kappa shape index (κ3) is 9.88. The second-order valence-corrected chi connectivity index (χ2v) is 7.59. The van der Waals surface area contributed by atoms with Crippen LogP contribution in [-0.2, 0) is 24.4 Å². The summed E-state index contributed by atoms with van der Waals surface area (Å²) in [7, 11) is 7.67. The van der Waals surface area contributed by atoms with Crippen LogP contribution in [0.15, 0.2) is 47.5 Å². The second kappa shape index (κ2) is 15.0. The zero-order chi connectivity index (χ0) is 21.8. The van der Waals surface area contributed by atoms with Crippen molar-refractivity contribution in [1.29, 1.82) is 0 Å². The van der Waals surface area contributed by atoms with Crippen LogP contribution >= 0.6 is 24.0 Å². The maximum atomic E-state index is 5.98. The number of nitrogens with zero attached hydrogens (tertiary/aromatic N) is 2. The van der Waals surface area contributed by atoms with Crippen molar-refractivity contribution in [3.05, 3.63) is 64.7 Å². The Bertz CT molecular complexity index is 812. The van der Waals surface area contributed by atoms with Crippen molar-refractivity contribution in [2.24, 2.45) is 4.99 Å². The molecule has 0 unspecified atom stereocenters. The molecule has 2 aromatic carbocycles. The molecule has 0 radical (unpaired) electrons. The molecule has 172 valence electrons. The van der Waals surface area contributed by atoms with E-state index >= 15 is 0 Å². The first-order valence-corrected chi connectivity index (χ1v) is 10.4. The van der Waals surface area contributed by atoms with Crippen molar-refractivity contribution >= 4 is 29.9 Å². The summed E-state index contributed by atoms with van der Waals surface area (Å²) in [4.78, 5) is 6.55. The molecule has 31 heavy (non-hydrogen) atoms. The summed E-state index contributed by atoms with van der Waals surface area (Å²) in [5, 5.41) is 6.82. The van der Waals surface area contributed by atoms with Crippen molar-refractivity contribution in [2.45, 2.75) is 33.0 Å². The summed E-state index contributed by atoms with van der Waals surface area (Å²) >= 11 is 0. The van der Waals surface area contributed by atoms with E-state index in [4.69, 9.17) is 9.47 Å². The van der Waals surface area contributed by atoms with Gasteiger partial charge in [0.05, 0.1) is 6.61 Å². The van der Waals surface area contributed by atoms with E-state index in [1.54, 1.807) is 14.2 Å². The summed E-state index contributed by atoms with van der Waals surface area (Å²) in [5.41, 5.74) is 4.87. The van der Waals surface area contributed by atoms with Gasteiger partial charge in [-0.05, 0) is 43.8 Å². The average molecular weight is 540 g/mol. The number of guanidine groups is 1. The van der Waals surface area contributed by atoms with Crippen LogP contribution in [0.3, 0.4) is 0 Å². The van der Waals surface area contributed by atoms with Crippen LogP contribution in [0.25, 0.3) is 0 Å². The van der Waals surface area contributed by atoms with Gasteiger partial charge in [-0.1, -0.05) is 36.4 Å². The van der Waals surface area contributed by atoms with Crippen LogP contribution in [0.2, 0.25) is 0 Å². The highest BCUT2D eigenvalue weighted by Crippen LogP contribution is 2.20. The van der Waals surface area contributed by atoms with E-state index in [1.165, 1.54) is 16.7 Å². The van der Waals surface area contributed by atoms with E-state index in [0.29, 0.717) is 19.8 Å². The number of benzene rings is 2. The van der Waals surface area contributed by atoms with Crippen molar-refractivity contribution in [3.8, 4) is 5.75 Å². The van der Waals surface area contributed by atoms with Crippen molar-refractivity contribution in [3.63, 3.8) is 0 Å². The molecule has 0 spiro atoms. The molecule has 2 rings (SSSR count). The molecule has 6 nitrogen and oxygen atoms in total. The maximum Gasteiger partial charge on any atom is 0.191 e. The van der Waals surface area contributed by atoms with E-state index in [1.807, 2.05) is 0 Å². The Kier molecular flexibility index (Phi) is 13.2. The summed E-state index contributed by atoms with van der Waals surface area (Å²) in [5.74, 6) is 1.67. The molecule has 0 atom stereocenters. The molecule has 0 saturated carbocycles. The Balaban J connectivity index is 0.00000480. The number of aliphatic imine (C=N–C) groups is 1. The molecule has 2 aromatic rings. The predicted octanol–water partition coefficient (Wildman–Crippen LogP) is 3.96. The van der Waals surface area contributed by atoms with Gasteiger partial charge >= 0.3 is 0 Å². The fraction of sp³-hybridized carbons (Fsp3) is 0.458. The van der Waals surface area contributed by atoms with E-state index < -0.39 is 0 Å². The highest BCUT2D eigenvalue weighted by atomic mass is 127. The molecular formula is C24H37IN4O2. The molecule has 0 saturated heterocycles. The lowest BCUT2D eigenvalue weighted by Crippen LogP contribution is -2.36. The molecule has 0 aromatic heterocycles. The van der Waals surface area contributed by atoms with Crippen molar-refractivity contribution in [2.75, 3.05) is 41.5 Å². The third-order valence-electron chi connectivity index (χ3n) is 4.69. The first-order chi connectivity index (χ1) is 14.5. The molecule has 0 aliphatic rings. The lowest BCUT2D eigenvalue weighted by atomic mass is 10.1. The lowest BCUT2D eigenvalue weighted by molar-refractivity contribution is 0.171. The Hall–Kier alpha value is -1.84. The summed E-state index contributed by atoms with van der Waals surface area (Å²) in [6, 6.07) is 14.8. The first-order valence-electron chi connectivity index (χ1n) is 10.4. The monoisotopic (exact) mass is 540 g/mol. The molecule has 0 aliphatic carbocycles. The van der Waals surface area contributed by atoms with E-state index in [-0.39, 0.29) is 24.0 Å². The highest BCUT2D eigenvalue weighted by molar-refractivity contribution is 14.0. The van der Waals surface area contributed by atoms with Gasteiger partial charge in [-0.25, -0.2) is 0 Å². The third-order valence-corrected chi connectivity index (χ3v) is 4.69. The molecule has 0 bridgehead atoms. The van der Waals surface area contributed by atoms with Crippen LogP contribution in [0.4, 0.5) is 0 Å². The summed E-state index contributed by atoms with van der Waals surface area (Å²) < 4.78 is 11.1.